The van der Waals surface area contributed by atoms with Crippen LogP contribution in [0.2, 0.25) is 0 Å². The Morgan fingerprint density at radius 2 is 2.27 bits per heavy atom. The number of hydrogen-bond acceptors (Lipinski definition) is 2. The molecule has 15 heavy (non-hydrogen) atoms. The smallest absolute Gasteiger partial charge is 0.122 e. The molecule has 1 aliphatic heterocycles. The highest BCUT2D eigenvalue weighted by Gasteiger charge is 2.14. The molecule has 0 aromatic heterocycles. The maximum atomic E-state index is 5.81. The summed E-state index contributed by atoms with van der Waals surface area (Å²) in [5, 5.41) is 3.43. The van der Waals surface area contributed by atoms with Gasteiger partial charge in [0, 0.05) is 6.04 Å². The summed E-state index contributed by atoms with van der Waals surface area (Å²) in [4.78, 5) is 0. The van der Waals surface area contributed by atoms with Crippen LogP contribution in [0.3, 0.4) is 0 Å². The largest absolute Gasteiger partial charge is 0.492 e. The first-order valence-corrected chi connectivity index (χ1v) is 5.69. The minimum absolute atomic E-state index is 0.547. The third kappa shape index (κ3) is 2.72. The van der Waals surface area contributed by atoms with E-state index < -0.39 is 0 Å². The maximum absolute atomic E-state index is 5.81. The van der Waals surface area contributed by atoms with Crippen LogP contribution in [0.5, 0.6) is 5.75 Å². The van der Waals surface area contributed by atoms with Gasteiger partial charge in [0.05, 0.1) is 0 Å². The summed E-state index contributed by atoms with van der Waals surface area (Å²) in [6.07, 6.45) is 2.52. The van der Waals surface area contributed by atoms with Crippen LogP contribution in [0.25, 0.3) is 0 Å². The molecular weight excluding hydrogens is 186 g/mol. The fourth-order valence-electron chi connectivity index (χ4n) is 2.05. The first-order chi connectivity index (χ1) is 7.25. The normalized spacial score (nSPS) is 20.5. The molecule has 0 saturated carbocycles. The lowest BCUT2D eigenvalue weighted by Gasteiger charge is -2.14. The van der Waals surface area contributed by atoms with Gasteiger partial charge in [-0.25, -0.2) is 0 Å². The summed E-state index contributed by atoms with van der Waals surface area (Å²) < 4.78 is 5.81. The first-order valence-electron chi connectivity index (χ1n) is 5.69. The molecule has 2 nitrogen and oxygen atoms in total. The van der Waals surface area contributed by atoms with Gasteiger partial charge in [-0.15, -0.1) is 0 Å². The zero-order valence-corrected chi connectivity index (χ0v) is 9.55. The number of nitrogens with one attached hydrogen (secondary N) is 1. The van der Waals surface area contributed by atoms with Crippen molar-refractivity contribution in [3.8, 4) is 5.75 Å². The lowest BCUT2D eigenvalue weighted by Crippen LogP contribution is -2.28. The minimum atomic E-state index is 0.547. The Balaban J connectivity index is 1.92. The van der Waals surface area contributed by atoms with Gasteiger partial charge < -0.3 is 10.1 Å². The van der Waals surface area contributed by atoms with Crippen molar-refractivity contribution in [3.05, 3.63) is 29.3 Å². The Hall–Kier alpha value is -1.02. The highest BCUT2D eigenvalue weighted by molar-refractivity contribution is 5.35. The second-order valence-electron chi connectivity index (χ2n) is 4.37. The molecule has 0 spiro atoms. The predicted molar refractivity (Wildman–Crippen MR) is 62.4 cm³/mol. The molecule has 0 radical (unpaired) electrons. The molecule has 0 bridgehead atoms. The molecule has 0 amide bonds. The van der Waals surface area contributed by atoms with Gasteiger partial charge in [0.25, 0.3) is 0 Å². The van der Waals surface area contributed by atoms with Crippen molar-refractivity contribution in [3.63, 3.8) is 0 Å². The highest BCUT2D eigenvalue weighted by Crippen LogP contribution is 2.19. The van der Waals surface area contributed by atoms with Crippen molar-refractivity contribution in [1.82, 2.24) is 5.32 Å². The van der Waals surface area contributed by atoms with Crippen LogP contribution in [0.15, 0.2) is 18.2 Å². The quantitative estimate of drug-likeness (QED) is 0.818. The van der Waals surface area contributed by atoms with E-state index in [1.165, 1.54) is 24.0 Å². The van der Waals surface area contributed by atoms with Gasteiger partial charge in [0.1, 0.15) is 12.4 Å². The molecule has 1 atom stereocenters. The Labute approximate surface area is 91.6 Å². The standard InChI is InChI=1S/C13H19NO/c1-10-5-6-13(11(2)8-10)15-9-12-4-3-7-14-12/h5-6,8,12,14H,3-4,7,9H2,1-2H3. The van der Waals surface area contributed by atoms with Gasteiger partial charge in [-0.1, -0.05) is 17.7 Å². The number of ether oxygens (including phenoxy) is 1. The SMILES string of the molecule is Cc1ccc(OCC2CCCN2)c(C)c1. The second kappa shape index (κ2) is 4.67. The molecule has 0 aliphatic carbocycles. The Kier molecular flexibility index (Phi) is 3.27. The average Bonchev–Trinajstić information content (AvgIpc) is 2.69. The van der Waals surface area contributed by atoms with Gasteiger partial charge in [0.15, 0.2) is 0 Å². The zero-order chi connectivity index (χ0) is 10.7. The molecule has 1 fully saturated rings. The van der Waals surface area contributed by atoms with Crippen LogP contribution < -0.4 is 10.1 Å². The van der Waals surface area contributed by atoms with E-state index in [-0.39, 0.29) is 0 Å². The summed E-state index contributed by atoms with van der Waals surface area (Å²) in [6, 6.07) is 6.88. The van der Waals surface area contributed by atoms with E-state index >= 15 is 0 Å². The fourth-order valence-corrected chi connectivity index (χ4v) is 2.05. The number of aryl methyl sites for hydroxylation is 2. The number of benzene rings is 1. The average molecular weight is 205 g/mol. The molecular formula is C13H19NO. The molecule has 1 aliphatic rings. The monoisotopic (exact) mass is 205 g/mol. The summed E-state index contributed by atoms with van der Waals surface area (Å²) >= 11 is 0. The lowest BCUT2D eigenvalue weighted by atomic mass is 10.1. The van der Waals surface area contributed by atoms with Gasteiger partial charge in [-0.2, -0.15) is 0 Å². The van der Waals surface area contributed by atoms with Crippen molar-refractivity contribution in [1.29, 1.82) is 0 Å². The molecule has 1 aromatic rings. The molecule has 1 N–H and O–H groups in total. The zero-order valence-electron chi connectivity index (χ0n) is 9.55. The molecule has 1 aromatic carbocycles. The van der Waals surface area contributed by atoms with Crippen molar-refractivity contribution in [2.45, 2.75) is 32.7 Å². The van der Waals surface area contributed by atoms with Crippen LogP contribution in [-0.2, 0) is 0 Å². The third-order valence-electron chi connectivity index (χ3n) is 2.93. The third-order valence-corrected chi connectivity index (χ3v) is 2.93. The first kappa shape index (κ1) is 10.5. The highest BCUT2D eigenvalue weighted by atomic mass is 16.5. The van der Waals surface area contributed by atoms with Crippen LogP contribution in [0, 0.1) is 13.8 Å². The van der Waals surface area contributed by atoms with E-state index in [1.54, 1.807) is 0 Å². The molecule has 2 heteroatoms. The van der Waals surface area contributed by atoms with Gasteiger partial charge in [-0.3, -0.25) is 0 Å². The Morgan fingerprint density at radius 3 is 2.93 bits per heavy atom. The van der Waals surface area contributed by atoms with Crippen LogP contribution in [0.1, 0.15) is 24.0 Å². The molecule has 2 rings (SSSR count). The summed E-state index contributed by atoms with van der Waals surface area (Å²) in [5.74, 6) is 1.02. The van der Waals surface area contributed by atoms with E-state index in [1.807, 2.05) is 0 Å². The van der Waals surface area contributed by atoms with Gasteiger partial charge in [0.2, 0.25) is 0 Å². The number of rotatable bonds is 3. The van der Waals surface area contributed by atoms with E-state index in [9.17, 15) is 0 Å². The Bertz CT molecular complexity index is 329. The van der Waals surface area contributed by atoms with Crippen LogP contribution >= 0.6 is 0 Å². The predicted octanol–water partition coefficient (Wildman–Crippen LogP) is 2.43. The van der Waals surface area contributed by atoms with Gasteiger partial charge >= 0.3 is 0 Å². The molecule has 1 heterocycles. The van der Waals surface area contributed by atoms with Crippen molar-refractivity contribution in [2.24, 2.45) is 0 Å². The van der Waals surface area contributed by atoms with E-state index in [4.69, 9.17) is 4.74 Å². The fraction of sp³-hybridized carbons (Fsp3) is 0.538. The van der Waals surface area contributed by atoms with E-state index in [0.29, 0.717) is 6.04 Å². The van der Waals surface area contributed by atoms with Gasteiger partial charge in [-0.05, 0) is 44.9 Å². The van der Waals surface area contributed by atoms with E-state index in [0.717, 1.165) is 18.9 Å². The summed E-state index contributed by atoms with van der Waals surface area (Å²) in [5.41, 5.74) is 2.52. The summed E-state index contributed by atoms with van der Waals surface area (Å²) in [7, 11) is 0. The number of hydrogen-bond donors (Lipinski definition) is 1. The van der Waals surface area contributed by atoms with Crippen LogP contribution in [0.4, 0.5) is 0 Å². The minimum Gasteiger partial charge on any atom is -0.492 e. The van der Waals surface area contributed by atoms with Crippen molar-refractivity contribution >= 4 is 0 Å². The molecule has 1 saturated heterocycles. The molecule has 82 valence electrons. The summed E-state index contributed by atoms with van der Waals surface area (Å²) in [6.45, 7) is 6.14. The van der Waals surface area contributed by atoms with Crippen molar-refractivity contribution < 1.29 is 4.74 Å². The second-order valence-corrected chi connectivity index (χ2v) is 4.37. The van der Waals surface area contributed by atoms with Crippen molar-refractivity contribution in [2.75, 3.05) is 13.2 Å². The van der Waals surface area contributed by atoms with E-state index in [2.05, 4.69) is 37.4 Å². The van der Waals surface area contributed by atoms with Crippen LogP contribution in [-0.4, -0.2) is 19.2 Å². The topological polar surface area (TPSA) is 21.3 Å². The lowest BCUT2D eigenvalue weighted by molar-refractivity contribution is 0.275. The Morgan fingerprint density at radius 1 is 1.40 bits per heavy atom. The molecule has 1 unspecified atom stereocenters. The maximum Gasteiger partial charge on any atom is 0.122 e.